The fraction of sp³-hybridized carbons (Fsp3) is 0. The van der Waals surface area contributed by atoms with Gasteiger partial charge in [-0.3, -0.25) is 0 Å². The van der Waals surface area contributed by atoms with Crippen LogP contribution in [0.3, 0.4) is 0 Å². The molecule has 0 aromatic rings. The van der Waals surface area contributed by atoms with E-state index in [1.165, 1.54) is 0 Å². The van der Waals surface area contributed by atoms with Crippen molar-refractivity contribution in [3.05, 3.63) is 0 Å². The Bertz CT molecular complexity index is 28.0. The monoisotopic (exact) mass is 416 g/mol. The van der Waals surface area contributed by atoms with Crippen LogP contribution >= 0.6 is 61.2 Å². The van der Waals surface area contributed by atoms with Gasteiger partial charge in [0.05, 0.1) is 0 Å². The number of rotatable bonds is 0. The second kappa shape index (κ2) is 12.6. The Morgan fingerprint density at radius 3 is 0.556 bits per heavy atom. The quantitative estimate of drug-likeness (QED) is 0.378. The molecule has 0 rings (SSSR count). The van der Waals surface area contributed by atoms with Crippen molar-refractivity contribution in [1.82, 2.24) is 0 Å². The maximum atomic E-state index is 3.26. The lowest BCUT2D eigenvalue weighted by Gasteiger charge is -1.88. The lowest BCUT2D eigenvalue weighted by Crippen LogP contribution is -1.86. The number of hydrogen-bond donors (Lipinski definition) is 0. The second-order valence-electron chi connectivity index (χ2n) is 0.429. The van der Waals surface area contributed by atoms with Gasteiger partial charge in [-0.2, -0.15) is 0 Å². The first-order valence-corrected chi connectivity index (χ1v) is 11.8. The molecule has 0 aliphatic carbocycles. The Morgan fingerprint density at radius 1 is 0.556 bits per heavy atom. The lowest BCUT2D eigenvalue weighted by atomic mass is 16.0. The van der Waals surface area contributed by atoms with Crippen LogP contribution in [0.2, 0.25) is 0 Å². The highest BCUT2D eigenvalue weighted by Gasteiger charge is 2.14. The molecule has 0 saturated heterocycles. The SMILES string of the molecule is Br[Si](Br)(Br)Br.O.O.O.O. The van der Waals surface area contributed by atoms with Gasteiger partial charge >= 0.3 is 2.55 Å². The van der Waals surface area contributed by atoms with Gasteiger partial charge in [-0.25, -0.2) is 0 Å². The average molecular weight is 420 g/mol. The Balaban J connectivity index is -0.0000000133. The molecule has 0 aliphatic heterocycles. The topological polar surface area (TPSA) is 126 Å². The zero-order chi connectivity index (χ0) is 4.50. The highest BCUT2D eigenvalue weighted by molar-refractivity contribution is 9.90. The fourth-order valence-corrected chi connectivity index (χ4v) is 0. The molecule has 0 unspecified atom stereocenters. The minimum atomic E-state index is -1.36. The number of hydrogen-bond acceptors (Lipinski definition) is 0. The molecule has 64 valence electrons. The third-order valence-corrected chi connectivity index (χ3v) is 0. The van der Waals surface area contributed by atoms with Crippen molar-refractivity contribution in [2.24, 2.45) is 0 Å². The normalized spacial score (nSPS) is 6.67. The molecule has 0 aromatic carbocycles. The fourth-order valence-electron chi connectivity index (χ4n) is 0. The van der Waals surface area contributed by atoms with E-state index in [0.29, 0.717) is 0 Å². The first-order valence-electron chi connectivity index (χ1n) is 0.756. The molecular formula is H8Br4O4Si. The van der Waals surface area contributed by atoms with Crippen LogP contribution in [0.15, 0.2) is 0 Å². The van der Waals surface area contributed by atoms with Crippen molar-refractivity contribution >= 4 is 63.7 Å². The molecule has 0 radical (unpaired) electrons. The molecule has 0 aromatic heterocycles. The summed E-state index contributed by atoms with van der Waals surface area (Å²) in [6.07, 6.45) is 0. The predicted molar refractivity (Wildman–Crippen MR) is 55.9 cm³/mol. The van der Waals surface area contributed by atoms with Crippen LogP contribution in [0.1, 0.15) is 0 Å². The standard InChI is InChI=1S/Br4Si.4H2O/c1-5(2,3)4;;;;/h;4*1H2. The molecule has 0 aliphatic rings. The summed E-state index contributed by atoms with van der Waals surface area (Å²) >= 11 is 13.1. The van der Waals surface area contributed by atoms with E-state index >= 15 is 0 Å². The van der Waals surface area contributed by atoms with Crippen molar-refractivity contribution in [2.75, 3.05) is 0 Å². The Kier molecular flexibility index (Phi) is 42.9. The zero-order valence-corrected chi connectivity index (χ0v) is 11.4. The first-order chi connectivity index (χ1) is 2.00. The van der Waals surface area contributed by atoms with Crippen molar-refractivity contribution in [1.29, 1.82) is 0 Å². The summed E-state index contributed by atoms with van der Waals surface area (Å²) in [7, 11) is 0. The summed E-state index contributed by atoms with van der Waals surface area (Å²) in [5.74, 6) is 0. The Labute approximate surface area is 84.9 Å². The van der Waals surface area contributed by atoms with Crippen LogP contribution in [0.25, 0.3) is 0 Å². The van der Waals surface area contributed by atoms with Gasteiger partial charge in [0.15, 0.2) is 0 Å². The summed E-state index contributed by atoms with van der Waals surface area (Å²) in [6, 6.07) is 0. The van der Waals surface area contributed by atoms with Gasteiger partial charge in [0, 0.05) is 0 Å². The van der Waals surface area contributed by atoms with E-state index in [0.717, 1.165) is 0 Å². The lowest BCUT2D eigenvalue weighted by molar-refractivity contribution is 0.823. The van der Waals surface area contributed by atoms with Crippen LogP contribution in [0.5, 0.6) is 0 Å². The van der Waals surface area contributed by atoms with Crippen LogP contribution in [0.4, 0.5) is 0 Å². The smallest absolute Gasteiger partial charge is 0.336 e. The largest absolute Gasteiger partial charge is 0.412 e. The third-order valence-electron chi connectivity index (χ3n) is 0. The molecule has 4 nitrogen and oxygen atoms in total. The molecule has 0 fully saturated rings. The van der Waals surface area contributed by atoms with Gasteiger partial charge in [0.2, 0.25) is 0 Å². The van der Waals surface area contributed by atoms with Crippen molar-refractivity contribution in [3.63, 3.8) is 0 Å². The van der Waals surface area contributed by atoms with E-state index in [-0.39, 0.29) is 21.9 Å². The van der Waals surface area contributed by atoms with E-state index < -0.39 is 2.55 Å². The highest BCUT2D eigenvalue weighted by atomic mass is 80.0. The highest BCUT2D eigenvalue weighted by Crippen LogP contribution is 2.33. The first kappa shape index (κ1) is 30.6. The molecule has 0 atom stereocenters. The van der Waals surface area contributed by atoms with Crippen LogP contribution in [-0.4, -0.2) is 24.5 Å². The maximum absolute atomic E-state index is 3.26. The summed E-state index contributed by atoms with van der Waals surface area (Å²) in [5.41, 5.74) is 0. The van der Waals surface area contributed by atoms with Gasteiger partial charge in [0.25, 0.3) is 0 Å². The average Bonchev–Trinajstić information content (AvgIpc) is 0.722. The van der Waals surface area contributed by atoms with Crippen LogP contribution < -0.4 is 0 Å². The van der Waals surface area contributed by atoms with Gasteiger partial charge in [-0.15, -0.1) is 0 Å². The predicted octanol–water partition coefficient (Wildman–Crippen LogP) is -0.297. The van der Waals surface area contributed by atoms with E-state index in [9.17, 15) is 0 Å². The van der Waals surface area contributed by atoms with Crippen LogP contribution in [0, 0.1) is 0 Å². The van der Waals surface area contributed by atoms with Crippen molar-refractivity contribution in [2.45, 2.75) is 0 Å². The van der Waals surface area contributed by atoms with Crippen molar-refractivity contribution < 1.29 is 21.9 Å². The minimum absolute atomic E-state index is 0. The molecule has 9 heteroatoms. The molecule has 0 saturated carbocycles. The van der Waals surface area contributed by atoms with E-state index in [4.69, 9.17) is 0 Å². The van der Waals surface area contributed by atoms with Gasteiger partial charge in [-0.05, 0) is 0 Å². The molecule has 0 heterocycles. The zero-order valence-electron chi connectivity index (χ0n) is 4.01. The minimum Gasteiger partial charge on any atom is -0.412 e. The summed E-state index contributed by atoms with van der Waals surface area (Å²) < 4.78 is -1.36. The third kappa shape index (κ3) is 162. The second-order valence-corrected chi connectivity index (χ2v) is 34.7. The van der Waals surface area contributed by atoms with E-state index in [1.807, 2.05) is 0 Å². The van der Waals surface area contributed by atoms with Crippen molar-refractivity contribution in [3.8, 4) is 0 Å². The molecule has 0 spiro atoms. The molecule has 0 amide bonds. The van der Waals surface area contributed by atoms with Gasteiger partial charge in [-0.1, -0.05) is 61.2 Å². The van der Waals surface area contributed by atoms with Crippen LogP contribution in [-0.2, 0) is 0 Å². The molecule has 9 heavy (non-hydrogen) atoms. The van der Waals surface area contributed by atoms with Gasteiger partial charge in [0.1, 0.15) is 0 Å². The van der Waals surface area contributed by atoms with Gasteiger partial charge < -0.3 is 21.9 Å². The molecule has 8 N–H and O–H groups in total. The van der Waals surface area contributed by atoms with E-state index in [1.54, 1.807) is 0 Å². The number of halogens is 4. The Hall–Kier alpha value is 1.98. The maximum Gasteiger partial charge on any atom is 0.336 e. The summed E-state index contributed by atoms with van der Waals surface area (Å²) in [5, 5.41) is 0. The molecular weight excluding hydrogens is 412 g/mol. The van der Waals surface area contributed by atoms with E-state index in [2.05, 4.69) is 61.2 Å². The summed E-state index contributed by atoms with van der Waals surface area (Å²) in [6.45, 7) is 0. The molecule has 0 bridgehead atoms. The summed E-state index contributed by atoms with van der Waals surface area (Å²) in [4.78, 5) is 0. The Morgan fingerprint density at radius 2 is 0.556 bits per heavy atom.